The number of H-pyrrole nitrogens is 1. The standard InChI is InChI=1S/C5H9N3/c1-7-5-4(6)2-3-8-5/h2-3,7-8H,6H2,1H3. The molecule has 0 saturated heterocycles. The number of nitrogens with one attached hydrogen (secondary N) is 2. The normalized spacial score (nSPS) is 9.12. The molecule has 0 aliphatic rings. The van der Waals surface area contributed by atoms with Crippen LogP contribution < -0.4 is 11.1 Å². The van der Waals surface area contributed by atoms with E-state index < -0.39 is 0 Å². The quantitative estimate of drug-likeness (QED) is 0.498. The van der Waals surface area contributed by atoms with E-state index in [0.717, 1.165) is 11.5 Å². The van der Waals surface area contributed by atoms with Crippen molar-refractivity contribution >= 4 is 11.5 Å². The second-order valence-corrected chi connectivity index (χ2v) is 1.56. The van der Waals surface area contributed by atoms with Crippen LogP contribution in [-0.4, -0.2) is 12.0 Å². The summed E-state index contributed by atoms with van der Waals surface area (Å²) >= 11 is 0. The van der Waals surface area contributed by atoms with Crippen LogP contribution in [0.15, 0.2) is 12.3 Å². The van der Waals surface area contributed by atoms with Crippen molar-refractivity contribution in [3.63, 3.8) is 0 Å². The first-order chi connectivity index (χ1) is 3.84. The van der Waals surface area contributed by atoms with Gasteiger partial charge in [-0.1, -0.05) is 0 Å². The highest BCUT2D eigenvalue weighted by atomic mass is 15.0. The van der Waals surface area contributed by atoms with E-state index in [1.54, 1.807) is 6.20 Å². The zero-order valence-corrected chi connectivity index (χ0v) is 4.73. The Morgan fingerprint density at radius 1 is 1.75 bits per heavy atom. The molecule has 0 atom stereocenters. The van der Waals surface area contributed by atoms with Gasteiger partial charge in [0.05, 0.1) is 5.69 Å². The van der Waals surface area contributed by atoms with E-state index in [-0.39, 0.29) is 0 Å². The molecule has 0 bridgehead atoms. The van der Waals surface area contributed by atoms with E-state index in [1.807, 2.05) is 13.1 Å². The summed E-state index contributed by atoms with van der Waals surface area (Å²) < 4.78 is 0. The molecule has 1 aromatic rings. The molecule has 0 fully saturated rings. The van der Waals surface area contributed by atoms with Crippen LogP contribution in [0.2, 0.25) is 0 Å². The van der Waals surface area contributed by atoms with Gasteiger partial charge in [-0.3, -0.25) is 0 Å². The van der Waals surface area contributed by atoms with Crippen molar-refractivity contribution in [3.8, 4) is 0 Å². The summed E-state index contributed by atoms with van der Waals surface area (Å²) in [5.41, 5.74) is 6.21. The van der Waals surface area contributed by atoms with Crippen LogP contribution in [-0.2, 0) is 0 Å². The number of anilines is 2. The van der Waals surface area contributed by atoms with Gasteiger partial charge in [0, 0.05) is 13.2 Å². The number of nitrogens with two attached hydrogens (primary N) is 1. The minimum absolute atomic E-state index is 0.757. The largest absolute Gasteiger partial charge is 0.396 e. The van der Waals surface area contributed by atoms with E-state index in [4.69, 9.17) is 5.73 Å². The van der Waals surface area contributed by atoms with Gasteiger partial charge in [0.1, 0.15) is 5.82 Å². The molecule has 1 aromatic heterocycles. The maximum Gasteiger partial charge on any atom is 0.126 e. The fraction of sp³-hybridized carbons (Fsp3) is 0.200. The van der Waals surface area contributed by atoms with Gasteiger partial charge in [0.2, 0.25) is 0 Å². The van der Waals surface area contributed by atoms with E-state index >= 15 is 0 Å². The number of aromatic amines is 1. The third kappa shape index (κ3) is 0.621. The lowest BCUT2D eigenvalue weighted by atomic mass is 10.5. The Morgan fingerprint density at radius 2 is 2.50 bits per heavy atom. The zero-order chi connectivity index (χ0) is 5.98. The average molecular weight is 111 g/mol. The van der Waals surface area contributed by atoms with Crippen LogP contribution in [0.4, 0.5) is 11.5 Å². The van der Waals surface area contributed by atoms with Crippen LogP contribution in [0, 0.1) is 0 Å². The molecule has 0 saturated carbocycles. The highest BCUT2D eigenvalue weighted by Crippen LogP contribution is 2.12. The van der Waals surface area contributed by atoms with Crippen molar-refractivity contribution in [3.05, 3.63) is 12.3 Å². The number of hydrogen-bond donors (Lipinski definition) is 3. The Kier molecular flexibility index (Phi) is 1.12. The molecule has 0 amide bonds. The highest BCUT2D eigenvalue weighted by Gasteiger charge is 1.91. The summed E-state index contributed by atoms with van der Waals surface area (Å²) in [6.07, 6.45) is 1.79. The number of nitrogen functional groups attached to an aromatic ring is 1. The number of hydrogen-bond acceptors (Lipinski definition) is 2. The van der Waals surface area contributed by atoms with Crippen LogP contribution >= 0.6 is 0 Å². The van der Waals surface area contributed by atoms with Crippen molar-refractivity contribution in [1.82, 2.24) is 4.98 Å². The maximum atomic E-state index is 5.46. The zero-order valence-electron chi connectivity index (χ0n) is 4.73. The predicted octanol–water partition coefficient (Wildman–Crippen LogP) is 0.639. The van der Waals surface area contributed by atoms with Crippen molar-refractivity contribution in [2.75, 3.05) is 18.1 Å². The predicted molar refractivity (Wildman–Crippen MR) is 34.8 cm³/mol. The van der Waals surface area contributed by atoms with Gasteiger partial charge < -0.3 is 16.0 Å². The molecular formula is C5H9N3. The van der Waals surface area contributed by atoms with Crippen LogP contribution in [0.5, 0.6) is 0 Å². The topological polar surface area (TPSA) is 53.8 Å². The molecular weight excluding hydrogens is 102 g/mol. The molecule has 3 nitrogen and oxygen atoms in total. The first-order valence-corrected chi connectivity index (χ1v) is 2.45. The van der Waals surface area contributed by atoms with Crippen LogP contribution in [0.25, 0.3) is 0 Å². The first-order valence-electron chi connectivity index (χ1n) is 2.45. The summed E-state index contributed by atoms with van der Waals surface area (Å²) in [6.45, 7) is 0. The molecule has 0 spiro atoms. The van der Waals surface area contributed by atoms with Gasteiger partial charge in [-0.05, 0) is 6.07 Å². The second-order valence-electron chi connectivity index (χ2n) is 1.56. The molecule has 0 radical (unpaired) electrons. The third-order valence-corrected chi connectivity index (χ3v) is 1.03. The molecule has 8 heavy (non-hydrogen) atoms. The lowest BCUT2D eigenvalue weighted by Gasteiger charge is -1.93. The van der Waals surface area contributed by atoms with Gasteiger partial charge in [-0.15, -0.1) is 0 Å². The monoisotopic (exact) mass is 111 g/mol. The van der Waals surface area contributed by atoms with Crippen molar-refractivity contribution in [1.29, 1.82) is 0 Å². The molecule has 0 aliphatic heterocycles. The van der Waals surface area contributed by atoms with Gasteiger partial charge >= 0.3 is 0 Å². The maximum absolute atomic E-state index is 5.46. The fourth-order valence-electron chi connectivity index (χ4n) is 0.598. The summed E-state index contributed by atoms with van der Waals surface area (Å²) in [6, 6.07) is 1.81. The Labute approximate surface area is 47.9 Å². The van der Waals surface area contributed by atoms with Crippen molar-refractivity contribution in [2.24, 2.45) is 0 Å². The molecule has 1 rings (SSSR count). The van der Waals surface area contributed by atoms with Crippen LogP contribution in [0.1, 0.15) is 0 Å². The van der Waals surface area contributed by atoms with E-state index in [0.29, 0.717) is 0 Å². The van der Waals surface area contributed by atoms with E-state index in [1.165, 1.54) is 0 Å². The van der Waals surface area contributed by atoms with Crippen molar-refractivity contribution < 1.29 is 0 Å². The van der Waals surface area contributed by atoms with Crippen molar-refractivity contribution in [2.45, 2.75) is 0 Å². The second kappa shape index (κ2) is 1.78. The molecule has 1 heterocycles. The van der Waals surface area contributed by atoms with E-state index in [2.05, 4.69) is 10.3 Å². The summed E-state index contributed by atoms with van der Waals surface area (Å²) in [7, 11) is 1.82. The molecule has 44 valence electrons. The molecule has 0 unspecified atom stereocenters. The molecule has 0 aromatic carbocycles. The van der Waals surface area contributed by atoms with E-state index in [9.17, 15) is 0 Å². The Hall–Kier alpha value is -1.12. The summed E-state index contributed by atoms with van der Waals surface area (Å²) in [5.74, 6) is 0.880. The number of rotatable bonds is 1. The van der Waals surface area contributed by atoms with Gasteiger partial charge in [-0.2, -0.15) is 0 Å². The minimum atomic E-state index is 0.757. The highest BCUT2D eigenvalue weighted by molar-refractivity contribution is 5.60. The van der Waals surface area contributed by atoms with Gasteiger partial charge in [0.15, 0.2) is 0 Å². The first kappa shape index (κ1) is 5.03. The summed E-state index contributed by atoms with van der Waals surface area (Å²) in [4.78, 5) is 2.92. The fourth-order valence-corrected chi connectivity index (χ4v) is 0.598. The molecule has 0 aliphatic carbocycles. The Morgan fingerprint density at radius 3 is 2.75 bits per heavy atom. The Balaban J connectivity index is 2.92. The molecule has 4 N–H and O–H groups in total. The average Bonchev–Trinajstić information content (AvgIpc) is 2.14. The third-order valence-electron chi connectivity index (χ3n) is 1.03. The van der Waals surface area contributed by atoms with Crippen LogP contribution in [0.3, 0.4) is 0 Å². The van der Waals surface area contributed by atoms with Gasteiger partial charge in [0.25, 0.3) is 0 Å². The lowest BCUT2D eigenvalue weighted by Crippen LogP contribution is -1.92. The molecule has 3 heteroatoms. The van der Waals surface area contributed by atoms with Gasteiger partial charge in [-0.25, -0.2) is 0 Å². The summed E-state index contributed by atoms with van der Waals surface area (Å²) in [5, 5.41) is 2.89. The SMILES string of the molecule is CNc1[nH]ccc1N. The Bertz CT molecular complexity index is 168. The number of aromatic nitrogens is 1. The lowest BCUT2D eigenvalue weighted by molar-refractivity contribution is 1.35. The smallest absolute Gasteiger partial charge is 0.126 e. The minimum Gasteiger partial charge on any atom is -0.396 e.